The van der Waals surface area contributed by atoms with Crippen molar-refractivity contribution in [3.63, 3.8) is 0 Å². The molecule has 0 spiro atoms. The summed E-state index contributed by atoms with van der Waals surface area (Å²) < 4.78 is 15.1. The van der Waals surface area contributed by atoms with Gasteiger partial charge in [-0.25, -0.2) is 19.9 Å². The molecule has 0 bridgehead atoms. The molecule has 1 saturated heterocycles. The predicted octanol–water partition coefficient (Wildman–Crippen LogP) is 5.32. The van der Waals surface area contributed by atoms with Gasteiger partial charge in [0.2, 0.25) is 5.95 Å². The Hall–Kier alpha value is -2.81. The molecular formula is C27H29ClN6O2. The van der Waals surface area contributed by atoms with E-state index in [9.17, 15) is 0 Å². The number of rotatable bonds is 6. The van der Waals surface area contributed by atoms with E-state index in [0.717, 1.165) is 47.1 Å². The number of benzene rings is 1. The van der Waals surface area contributed by atoms with Gasteiger partial charge in [-0.3, -0.25) is 0 Å². The number of anilines is 1. The second-order valence-corrected chi connectivity index (χ2v) is 11.2. The molecular weight excluding hydrogens is 476 g/mol. The average molecular weight is 505 g/mol. The highest BCUT2D eigenvalue weighted by molar-refractivity contribution is 6.33. The van der Waals surface area contributed by atoms with Gasteiger partial charge in [0, 0.05) is 23.8 Å². The molecule has 1 aliphatic heterocycles. The molecule has 1 aromatic carbocycles. The first-order valence-electron chi connectivity index (χ1n) is 12.8. The van der Waals surface area contributed by atoms with E-state index in [2.05, 4.69) is 49.2 Å². The largest absolute Gasteiger partial charge is 0.351 e. The van der Waals surface area contributed by atoms with E-state index in [-0.39, 0.29) is 18.2 Å². The maximum atomic E-state index is 6.44. The summed E-state index contributed by atoms with van der Waals surface area (Å²) in [4.78, 5) is 17.9. The van der Waals surface area contributed by atoms with Crippen LogP contribution in [-0.2, 0) is 15.9 Å². The highest BCUT2D eigenvalue weighted by atomic mass is 35.5. The zero-order chi connectivity index (χ0) is 24.4. The fourth-order valence-electron chi connectivity index (χ4n) is 5.88. The zero-order valence-corrected chi connectivity index (χ0v) is 21.2. The first-order valence-corrected chi connectivity index (χ1v) is 13.2. The van der Waals surface area contributed by atoms with E-state index in [4.69, 9.17) is 26.1 Å². The molecule has 4 heterocycles. The quantitative estimate of drug-likeness (QED) is 0.356. The lowest BCUT2D eigenvalue weighted by molar-refractivity contribution is -0.160. The number of hydrogen-bond acceptors (Lipinski definition) is 7. The third kappa shape index (κ3) is 4.01. The molecule has 0 unspecified atom stereocenters. The average Bonchev–Trinajstić information content (AvgIpc) is 3.33. The number of fused-ring (bicyclic) bond motifs is 3. The number of halogens is 1. The first-order chi connectivity index (χ1) is 17.4. The number of aromatic nitrogens is 5. The van der Waals surface area contributed by atoms with Gasteiger partial charge in [-0.05, 0) is 69.6 Å². The van der Waals surface area contributed by atoms with Crippen molar-refractivity contribution in [2.24, 2.45) is 5.92 Å². The van der Waals surface area contributed by atoms with Crippen molar-refractivity contribution in [2.75, 3.05) is 5.32 Å². The molecule has 2 aliphatic carbocycles. The third-order valence-electron chi connectivity index (χ3n) is 7.73. The summed E-state index contributed by atoms with van der Waals surface area (Å²) >= 11 is 6.33. The van der Waals surface area contributed by atoms with E-state index in [1.807, 2.05) is 26.1 Å². The van der Waals surface area contributed by atoms with Crippen LogP contribution in [0.3, 0.4) is 0 Å². The molecule has 186 valence electrons. The number of nitrogens with one attached hydrogen (secondary N) is 1. The summed E-state index contributed by atoms with van der Waals surface area (Å²) in [6.07, 6.45) is 10.8. The van der Waals surface area contributed by atoms with Crippen LogP contribution in [0.25, 0.3) is 21.9 Å². The molecule has 4 atom stereocenters. The summed E-state index contributed by atoms with van der Waals surface area (Å²) in [5, 5.41) is 5.81. The van der Waals surface area contributed by atoms with E-state index in [1.54, 1.807) is 0 Å². The van der Waals surface area contributed by atoms with Crippen LogP contribution in [0.5, 0.6) is 0 Å². The zero-order valence-electron chi connectivity index (χ0n) is 20.4. The third-order valence-corrected chi connectivity index (χ3v) is 8.03. The Bertz CT molecular complexity index is 1450. The lowest BCUT2D eigenvalue weighted by Gasteiger charge is -2.24. The Morgan fingerprint density at radius 1 is 1.11 bits per heavy atom. The molecule has 3 aromatic heterocycles. The maximum Gasteiger partial charge on any atom is 0.223 e. The molecule has 3 aliphatic rings. The highest BCUT2D eigenvalue weighted by Gasteiger charge is 2.54. The van der Waals surface area contributed by atoms with Crippen LogP contribution >= 0.6 is 11.6 Å². The predicted molar refractivity (Wildman–Crippen MR) is 138 cm³/mol. The van der Waals surface area contributed by atoms with Gasteiger partial charge in [0.15, 0.2) is 5.79 Å². The number of hydrogen-bond donors (Lipinski definition) is 1. The molecule has 9 heteroatoms. The Labute approximate surface area is 214 Å². The van der Waals surface area contributed by atoms with E-state index >= 15 is 0 Å². The first kappa shape index (κ1) is 22.4. The van der Waals surface area contributed by atoms with Crippen LogP contribution in [0.4, 0.5) is 5.95 Å². The van der Waals surface area contributed by atoms with Crippen LogP contribution < -0.4 is 5.32 Å². The van der Waals surface area contributed by atoms with Crippen molar-refractivity contribution in [3.05, 3.63) is 53.7 Å². The minimum Gasteiger partial charge on any atom is -0.351 e. The smallest absolute Gasteiger partial charge is 0.223 e. The Morgan fingerprint density at radius 3 is 2.83 bits per heavy atom. The topological polar surface area (TPSA) is 87.0 Å². The van der Waals surface area contributed by atoms with Gasteiger partial charge in [0.05, 0.1) is 23.0 Å². The summed E-state index contributed by atoms with van der Waals surface area (Å²) in [6.45, 7) is 4.01. The lowest BCUT2D eigenvalue weighted by atomic mass is 9.95. The van der Waals surface area contributed by atoms with Crippen LogP contribution in [0.15, 0.2) is 43.0 Å². The SMILES string of the molecule is CC1(C)O[C@@H]2[C@@H](CCc3ccc4cnc(NC5CC5)nc4c3)C[C@@H](n3ccc4c(Cl)ncnc43)[C@@H]2O1. The molecule has 8 nitrogen and oxygen atoms in total. The molecule has 3 fully saturated rings. The van der Waals surface area contributed by atoms with Crippen LogP contribution in [0.1, 0.15) is 51.1 Å². The molecule has 0 radical (unpaired) electrons. The summed E-state index contributed by atoms with van der Waals surface area (Å²) in [5.74, 6) is 0.488. The summed E-state index contributed by atoms with van der Waals surface area (Å²) in [5.41, 5.74) is 3.12. The van der Waals surface area contributed by atoms with Gasteiger partial charge in [0.25, 0.3) is 0 Å². The highest BCUT2D eigenvalue weighted by Crippen LogP contribution is 2.49. The standard InChI is InChI=1S/C27H29ClN6O2/c1-27(2)35-22-16(12-21(23(22)36-27)34-10-9-19-24(28)30-14-31-25(19)34)5-3-15-4-6-17-13-29-26(32-18-7-8-18)33-20(17)11-15/h4,6,9-11,13-14,16,18,21-23H,3,5,7-8,12H2,1-2H3,(H,29,32,33)/t16-,21+,22+,23-/m0/s1. The summed E-state index contributed by atoms with van der Waals surface area (Å²) in [6, 6.07) is 9.17. The lowest BCUT2D eigenvalue weighted by Crippen LogP contribution is -2.27. The van der Waals surface area contributed by atoms with Crippen molar-refractivity contribution in [3.8, 4) is 0 Å². The molecule has 2 saturated carbocycles. The Kier molecular flexibility index (Phi) is 5.20. The van der Waals surface area contributed by atoms with Crippen molar-refractivity contribution in [2.45, 2.75) is 76.0 Å². The van der Waals surface area contributed by atoms with Crippen molar-refractivity contribution in [1.29, 1.82) is 0 Å². The minimum atomic E-state index is -0.604. The molecule has 0 amide bonds. The van der Waals surface area contributed by atoms with Crippen LogP contribution in [0.2, 0.25) is 5.15 Å². The Morgan fingerprint density at radius 2 is 1.97 bits per heavy atom. The van der Waals surface area contributed by atoms with Gasteiger partial charge < -0.3 is 19.4 Å². The minimum absolute atomic E-state index is 0.0326. The second-order valence-electron chi connectivity index (χ2n) is 10.8. The summed E-state index contributed by atoms with van der Waals surface area (Å²) in [7, 11) is 0. The van der Waals surface area contributed by atoms with Gasteiger partial charge in [-0.1, -0.05) is 23.7 Å². The van der Waals surface area contributed by atoms with E-state index in [0.29, 0.717) is 17.1 Å². The molecule has 1 N–H and O–H groups in total. The van der Waals surface area contributed by atoms with Crippen molar-refractivity contribution >= 4 is 39.5 Å². The molecule has 36 heavy (non-hydrogen) atoms. The van der Waals surface area contributed by atoms with E-state index < -0.39 is 5.79 Å². The van der Waals surface area contributed by atoms with Crippen molar-refractivity contribution < 1.29 is 9.47 Å². The van der Waals surface area contributed by atoms with Gasteiger partial charge in [-0.15, -0.1) is 0 Å². The van der Waals surface area contributed by atoms with Crippen LogP contribution in [0, 0.1) is 5.92 Å². The van der Waals surface area contributed by atoms with Crippen molar-refractivity contribution in [1.82, 2.24) is 24.5 Å². The maximum absolute atomic E-state index is 6.44. The Balaban J connectivity index is 1.13. The van der Waals surface area contributed by atoms with E-state index in [1.165, 1.54) is 24.7 Å². The molecule has 7 rings (SSSR count). The number of ether oxygens (including phenoxy) is 2. The van der Waals surface area contributed by atoms with Gasteiger partial charge in [0.1, 0.15) is 23.2 Å². The fourth-order valence-corrected chi connectivity index (χ4v) is 6.07. The number of nitrogens with zero attached hydrogens (tertiary/aromatic N) is 5. The van der Waals surface area contributed by atoms with Gasteiger partial charge >= 0.3 is 0 Å². The normalized spacial score (nSPS) is 27.1. The molecule has 4 aromatic rings. The fraction of sp³-hybridized carbons (Fsp3) is 0.481. The van der Waals surface area contributed by atoms with Crippen LogP contribution in [-0.4, -0.2) is 48.5 Å². The van der Waals surface area contributed by atoms with Gasteiger partial charge in [-0.2, -0.15) is 0 Å². The monoisotopic (exact) mass is 504 g/mol. The second kappa shape index (κ2) is 8.36. The number of aryl methyl sites for hydroxylation is 1.